The van der Waals surface area contributed by atoms with Gasteiger partial charge < -0.3 is 25.5 Å². The van der Waals surface area contributed by atoms with E-state index in [1.165, 1.54) is 17.2 Å². The van der Waals surface area contributed by atoms with E-state index in [1.54, 1.807) is 33.7 Å². The van der Waals surface area contributed by atoms with Crippen LogP contribution in [-0.2, 0) is 6.42 Å². The van der Waals surface area contributed by atoms with Crippen molar-refractivity contribution in [1.82, 2.24) is 19.9 Å². The van der Waals surface area contributed by atoms with Gasteiger partial charge in [0, 0.05) is 42.0 Å². The van der Waals surface area contributed by atoms with E-state index >= 15 is 4.39 Å². The molecule has 1 amide bonds. The van der Waals surface area contributed by atoms with Crippen LogP contribution in [0.4, 0.5) is 10.1 Å². The second-order valence-corrected chi connectivity index (χ2v) is 11.4. The molecule has 4 N–H and O–H groups in total. The average Bonchev–Trinajstić information content (AvgIpc) is 3.70. The first-order valence-corrected chi connectivity index (χ1v) is 14.7. The van der Waals surface area contributed by atoms with Crippen molar-refractivity contribution in [1.29, 1.82) is 0 Å². The van der Waals surface area contributed by atoms with E-state index in [-0.39, 0.29) is 30.5 Å². The van der Waals surface area contributed by atoms with Crippen LogP contribution in [0.15, 0.2) is 60.7 Å². The monoisotopic (exact) mass is 585 g/mol. The number of nitrogens with zero attached hydrogens (tertiary/aromatic N) is 4. The van der Waals surface area contributed by atoms with E-state index < -0.39 is 24.1 Å². The summed E-state index contributed by atoms with van der Waals surface area (Å²) >= 11 is 0. The molecule has 0 spiro atoms. The van der Waals surface area contributed by atoms with E-state index in [9.17, 15) is 20.1 Å². The van der Waals surface area contributed by atoms with Crippen molar-refractivity contribution < 1.29 is 24.5 Å². The third-order valence-corrected chi connectivity index (χ3v) is 8.56. The molecule has 10 heteroatoms. The van der Waals surface area contributed by atoms with Gasteiger partial charge in [-0.1, -0.05) is 30.3 Å². The van der Waals surface area contributed by atoms with E-state index in [1.807, 2.05) is 19.1 Å². The molecule has 0 unspecified atom stereocenters. The van der Waals surface area contributed by atoms with Crippen LogP contribution >= 0.6 is 0 Å². The number of aliphatic hydroxyl groups is 3. The van der Waals surface area contributed by atoms with Gasteiger partial charge in [-0.25, -0.2) is 13.9 Å². The van der Waals surface area contributed by atoms with Crippen LogP contribution in [0.1, 0.15) is 59.9 Å². The van der Waals surface area contributed by atoms with Crippen molar-refractivity contribution >= 4 is 22.8 Å². The largest absolute Gasteiger partial charge is 0.394 e. The number of carbonyl (C=O) groups excluding carboxylic acids is 1. The van der Waals surface area contributed by atoms with E-state index in [0.29, 0.717) is 35.7 Å². The molecule has 4 aromatic rings. The number of fused-ring (bicyclic) bond motifs is 1. The normalized spacial score (nSPS) is 20.7. The molecule has 2 aromatic carbocycles. The minimum absolute atomic E-state index is 0.0843. The number of rotatable bonds is 9. The Kier molecular flexibility index (Phi) is 8.00. The molecular formula is C33H36FN5O4. The first-order valence-electron chi connectivity index (χ1n) is 14.7. The second-order valence-electron chi connectivity index (χ2n) is 11.4. The summed E-state index contributed by atoms with van der Waals surface area (Å²) in [4.78, 5) is 19.4. The Morgan fingerprint density at radius 1 is 1.14 bits per heavy atom. The number of amides is 1. The van der Waals surface area contributed by atoms with Gasteiger partial charge in [0.1, 0.15) is 17.6 Å². The molecule has 3 atom stereocenters. The number of halogens is 1. The molecular weight excluding hydrogens is 549 g/mol. The molecule has 3 heterocycles. The summed E-state index contributed by atoms with van der Waals surface area (Å²) < 4.78 is 17.1. The SMILES string of the molecule is C/C=C(/C)c1ccccc1CCNC(=O)c1cc(C2CC2)n2nc(-c3ccc(N4C[C@H](O)[C@H](O)[C@H]4CO)cc3F)cc2n1. The van der Waals surface area contributed by atoms with Gasteiger partial charge in [-0.15, -0.1) is 0 Å². The smallest absolute Gasteiger partial charge is 0.270 e. The molecule has 2 aromatic heterocycles. The van der Waals surface area contributed by atoms with Crippen molar-refractivity contribution in [3.63, 3.8) is 0 Å². The van der Waals surface area contributed by atoms with Crippen LogP contribution < -0.4 is 10.2 Å². The maximum Gasteiger partial charge on any atom is 0.270 e. The minimum atomic E-state index is -1.12. The molecule has 0 radical (unpaired) electrons. The number of carbonyl (C=O) groups is 1. The summed E-state index contributed by atoms with van der Waals surface area (Å²) in [5.41, 5.74) is 6.25. The molecule has 2 aliphatic rings. The van der Waals surface area contributed by atoms with Gasteiger partial charge in [-0.05, 0) is 74.1 Å². The zero-order valence-electron chi connectivity index (χ0n) is 24.2. The Morgan fingerprint density at radius 3 is 2.65 bits per heavy atom. The summed E-state index contributed by atoms with van der Waals surface area (Å²) in [5.74, 6) is -0.541. The van der Waals surface area contributed by atoms with Crippen LogP contribution in [0.3, 0.4) is 0 Å². The summed E-state index contributed by atoms with van der Waals surface area (Å²) in [6, 6.07) is 15.5. The lowest BCUT2D eigenvalue weighted by Gasteiger charge is -2.26. The number of hydrogen-bond donors (Lipinski definition) is 4. The molecule has 1 saturated carbocycles. The van der Waals surface area contributed by atoms with Gasteiger partial charge >= 0.3 is 0 Å². The van der Waals surface area contributed by atoms with Crippen molar-refractivity contribution in [2.75, 3.05) is 24.6 Å². The fraction of sp³-hybridized carbons (Fsp3) is 0.364. The highest BCUT2D eigenvalue weighted by atomic mass is 19.1. The number of hydrogen-bond acceptors (Lipinski definition) is 7. The standard InChI is InChI=1S/C33H36FN5O4/c1-3-19(2)23-7-5-4-6-20(23)12-13-35-33(43)27-15-28(21-8-9-21)39-31(36-27)16-26(37-39)24-11-10-22(14-25(24)34)38-17-30(41)32(42)29(38)18-40/h3-7,10-11,14-16,21,29-30,32,40-42H,8-9,12-13,17-18H2,1-2H3,(H,35,43)/b19-3-/t29-,30+,32-/m1/s1. The Hall–Kier alpha value is -4.12. The highest BCUT2D eigenvalue weighted by molar-refractivity contribution is 5.93. The van der Waals surface area contributed by atoms with Crippen molar-refractivity contribution in [2.24, 2.45) is 0 Å². The molecule has 9 nitrogen and oxygen atoms in total. The Morgan fingerprint density at radius 2 is 1.93 bits per heavy atom. The quantitative estimate of drug-likeness (QED) is 0.236. The van der Waals surface area contributed by atoms with Crippen LogP contribution in [0.5, 0.6) is 0 Å². The summed E-state index contributed by atoms with van der Waals surface area (Å²) in [6.07, 6.45) is 2.58. The predicted octanol–water partition coefficient (Wildman–Crippen LogP) is 3.71. The molecule has 6 rings (SSSR count). The van der Waals surface area contributed by atoms with Gasteiger partial charge in [0.05, 0.1) is 24.4 Å². The summed E-state index contributed by atoms with van der Waals surface area (Å²) in [5, 5.41) is 37.6. The molecule has 224 valence electrons. The lowest BCUT2D eigenvalue weighted by atomic mass is 9.98. The van der Waals surface area contributed by atoms with Crippen LogP contribution in [0.25, 0.3) is 22.5 Å². The number of allylic oxidation sites excluding steroid dienone is 2. The zero-order chi connectivity index (χ0) is 30.2. The van der Waals surface area contributed by atoms with Gasteiger partial charge in [-0.2, -0.15) is 5.10 Å². The Labute approximate surface area is 249 Å². The van der Waals surface area contributed by atoms with Crippen LogP contribution in [-0.4, -0.2) is 73.8 Å². The average molecular weight is 586 g/mol. The molecule has 1 aliphatic carbocycles. The highest BCUT2D eigenvalue weighted by Gasteiger charge is 2.39. The van der Waals surface area contributed by atoms with Crippen molar-refractivity contribution in [2.45, 2.75) is 57.3 Å². The maximum absolute atomic E-state index is 15.5. The first-order chi connectivity index (χ1) is 20.8. The molecule has 1 saturated heterocycles. The number of nitrogens with one attached hydrogen (secondary N) is 1. The molecule has 43 heavy (non-hydrogen) atoms. The number of aromatic nitrogens is 3. The van der Waals surface area contributed by atoms with Crippen LogP contribution in [0, 0.1) is 5.82 Å². The number of β-amino-alcohol motifs (C(OH)–C–C–N with tert-alkyl or cyclic N) is 1. The molecule has 2 fully saturated rings. The minimum Gasteiger partial charge on any atom is -0.394 e. The summed E-state index contributed by atoms with van der Waals surface area (Å²) in [7, 11) is 0. The molecule has 1 aliphatic heterocycles. The lowest BCUT2D eigenvalue weighted by molar-refractivity contribution is 0.0304. The highest BCUT2D eigenvalue weighted by Crippen LogP contribution is 2.40. The molecule has 0 bridgehead atoms. The van der Waals surface area contributed by atoms with Gasteiger partial charge in [0.15, 0.2) is 5.65 Å². The van der Waals surface area contributed by atoms with Gasteiger partial charge in [0.25, 0.3) is 5.91 Å². The fourth-order valence-corrected chi connectivity index (χ4v) is 5.87. The lowest BCUT2D eigenvalue weighted by Crippen LogP contribution is -2.39. The van der Waals surface area contributed by atoms with E-state index in [4.69, 9.17) is 0 Å². The zero-order valence-corrected chi connectivity index (χ0v) is 24.2. The van der Waals surface area contributed by atoms with E-state index in [2.05, 4.69) is 40.5 Å². The number of anilines is 1. The van der Waals surface area contributed by atoms with E-state index in [0.717, 1.165) is 24.1 Å². The predicted molar refractivity (Wildman–Crippen MR) is 162 cm³/mol. The third kappa shape index (κ3) is 5.65. The van der Waals surface area contributed by atoms with Crippen LogP contribution in [0.2, 0.25) is 0 Å². The topological polar surface area (TPSA) is 123 Å². The third-order valence-electron chi connectivity index (χ3n) is 8.56. The second kappa shape index (κ2) is 11.9. The number of aliphatic hydroxyl groups excluding tert-OH is 3. The maximum atomic E-state index is 15.5. The first kappa shape index (κ1) is 29.0. The fourth-order valence-electron chi connectivity index (χ4n) is 5.87. The summed E-state index contributed by atoms with van der Waals surface area (Å²) in [6.45, 7) is 4.26. The van der Waals surface area contributed by atoms with Gasteiger partial charge in [-0.3, -0.25) is 4.79 Å². The Balaban J connectivity index is 1.23. The van der Waals surface area contributed by atoms with Crippen molar-refractivity contribution in [3.8, 4) is 11.3 Å². The van der Waals surface area contributed by atoms with Crippen molar-refractivity contribution in [3.05, 3.63) is 89.0 Å². The van der Waals surface area contributed by atoms with Gasteiger partial charge in [0.2, 0.25) is 0 Å². The number of benzene rings is 2. The Bertz CT molecular complexity index is 1700.